The number of benzene rings is 1. The minimum absolute atomic E-state index is 0.234. The number of phenolic OH excluding ortho intramolecular Hbond substituents is 1. The van der Waals surface area contributed by atoms with Crippen LogP contribution in [0.5, 0.6) is 5.75 Å². The zero-order valence-electron chi connectivity index (χ0n) is 7.98. The topological polar surface area (TPSA) is 52.5 Å². The van der Waals surface area contributed by atoms with Crippen molar-refractivity contribution in [3.63, 3.8) is 0 Å². The lowest BCUT2D eigenvalue weighted by Crippen LogP contribution is -2.51. The molecule has 0 amide bonds. The van der Waals surface area contributed by atoms with Crippen molar-refractivity contribution in [2.75, 3.05) is 6.54 Å². The number of rotatable bonds is 3. The van der Waals surface area contributed by atoms with Gasteiger partial charge in [0.15, 0.2) is 0 Å². The van der Waals surface area contributed by atoms with Crippen LogP contribution in [0.3, 0.4) is 0 Å². The summed E-state index contributed by atoms with van der Waals surface area (Å²) in [6.45, 7) is 1.00. The van der Waals surface area contributed by atoms with Crippen molar-refractivity contribution < 1.29 is 10.2 Å². The molecular formula is C11H15NO2. The summed E-state index contributed by atoms with van der Waals surface area (Å²) in [6, 6.07) is 7.28. The van der Waals surface area contributed by atoms with Crippen LogP contribution in [0.25, 0.3) is 0 Å². The number of hydrogen-bond acceptors (Lipinski definition) is 3. The van der Waals surface area contributed by atoms with E-state index in [1.165, 1.54) is 0 Å². The van der Waals surface area contributed by atoms with Crippen LogP contribution in [0.4, 0.5) is 0 Å². The predicted octanol–water partition coefficient (Wildman–Crippen LogP) is 0.658. The Balaban J connectivity index is 1.95. The molecule has 0 bridgehead atoms. The molecule has 1 heterocycles. The first kappa shape index (κ1) is 9.49. The molecule has 1 aromatic carbocycles. The molecule has 0 saturated carbocycles. The number of hydrogen-bond donors (Lipinski definition) is 3. The second-order valence-corrected chi connectivity index (χ2v) is 3.79. The lowest BCUT2D eigenvalue weighted by atomic mass is 9.95. The molecule has 1 aliphatic heterocycles. The van der Waals surface area contributed by atoms with E-state index in [-0.39, 0.29) is 17.9 Å². The molecule has 14 heavy (non-hydrogen) atoms. The highest BCUT2D eigenvalue weighted by Gasteiger charge is 2.24. The minimum atomic E-state index is -0.342. The average Bonchev–Trinajstić information content (AvgIpc) is 1.99. The fourth-order valence-electron chi connectivity index (χ4n) is 1.71. The van der Waals surface area contributed by atoms with Crippen LogP contribution in [0.2, 0.25) is 0 Å². The van der Waals surface area contributed by atoms with Crippen LogP contribution in [-0.4, -0.2) is 28.9 Å². The third kappa shape index (κ3) is 2.05. The molecule has 2 rings (SSSR count). The summed E-state index contributed by atoms with van der Waals surface area (Å²) in [5.74, 6) is 0.260. The fraction of sp³-hybridized carbons (Fsp3) is 0.455. The van der Waals surface area contributed by atoms with Gasteiger partial charge in [-0.15, -0.1) is 0 Å². The van der Waals surface area contributed by atoms with E-state index in [0.29, 0.717) is 6.42 Å². The Morgan fingerprint density at radius 3 is 2.86 bits per heavy atom. The lowest BCUT2D eigenvalue weighted by Gasteiger charge is -2.32. The van der Waals surface area contributed by atoms with Crippen LogP contribution >= 0.6 is 0 Å². The van der Waals surface area contributed by atoms with E-state index in [1.54, 1.807) is 18.2 Å². The van der Waals surface area contributed by atoms with Crippen molar-refractivity contribution in [1.82, 2.24) is 5.32 Å². The van der Waals surface area contributed by atoms with Crippen molar-refractivity contribution in [3.8, 4) is 5.75 Å². The van der Waals surface area contributed by atoms with Crippen molar-refractivity contribution in [3.05, 3.63) is 29.8 Å². The number of aliphatic hydroxyl groups is 1. The molecule has 3 heteroatoms. The third-order valence-corrected chi connectivity index (χ3v) is 2.68. The Bertz CT molecular complexity index is 310. The van der Waals surface area contributed by atoms with E-state index in [0.717, 1.165) is 18.5 Å². The maximum atomic E-state index is 9.77. The number of aromatic hydroxyl groups is 1. The molecule has 2 unspecified atom stereocenters. The molecule has 0 spiro atoms. The molecule has 2 atom stereocenters. The Kier molecular flexibility index (Phi) is 2.70. The van der Waals surface area contributed by atoms with Crippen LogP contribution in [0.1, 0.15) is 12.0 Å². The van der Waals surface area contributed by atoms with E-state index in [9.17, 15) is 10.2 Å². The molecule has 1 aliphatic rings. The summed E-state index contributed by atoms with van der Waals surface area (Å²) < 4.78 is 0. The van der Waals surface area contributed by atoms with Crippen LogP contribution in [0.15, 0.2) is 24.3 Å². The van der Waals surface area contributed by atoms with Gasteiger partial charge in [-0.2, -0.15) is 0 Å². The van der Waals surface area contributed by atoms with Gasteiger partial charge >= 0.3 is 0 Å². The first-order valence-corrected chi connectivity index (χ1v) is 4.95. The normalized spacial score (nSPS) is 22.8. The van der Waals surface area contributed by atoms with E-state index in [1.807, 2.05) is 6.07 Å². The molecule has 1 saturated heterocycles. The summed E-state index contributed by atoms with van der Waals surface area (Å²) in [5.41, 5.74) is 0.978. The van der Waals surface area contributed by atoms with Gasteiger partial charge in [-0.25, -0.2) is 0 Å². The second-order valence-electron chi connectivity index (χ2n) is 3.79. The van der Waals surface area contributed by atoms with Crippen molar-refractivity contribution in [2.24, 2.45) is 0 Å². The SMILES string of the molecule is Oc1cccc(CC(O)C2CCN2)c1. The zero-order valence-corrected chi connectivity index (χ0v) is 7.98. The van der Waals surface area contributed by atoms with Gasteiger partial charge in [0.25, 0.3) is 0 Å². The van der Waals surface area contributed by atoms with Gasteiger partial charge in [0.2, 0.25) is 0 Å². The number of aliphatic hydroxyl groups excluding tert-OH is 1. The maximum Gasteiger partial charge on any atom is 0.115 e. The molecule has 0 aromatic heterocycles. The van der Waals surface area contributed by atoms with E-state index in [4.69, 9.17) is 0 Å². The molecule has 3 N–H and O–H groups in total. The smallest absolute Gasteiger partial charge is 0.115 e. The average molecular weight is 193 g/mol. The monoisotopic (exact) mass is 193 g/mol. The van der Waals surface area contributed by atoms with Gasteiger partial charge in [0.1, 0.15) is 5.75 Å². The van der Waals surface area contributed by atoms with Crippen molar-refractivity contribution >= 4 is 0 Å². The van der Waals surface area contributed by atoms with Gasteiger partial charge in [-0.05, 0) is 30.7 Å². The zero-order chi connectivity index (χ0) is 9.97. The van der Waals surface area contributed by atoms with E-state index >= 15 is 0 Å². The summed E-state index contributed by atoms with van der Waals surface area (Å²) >= 11 is 0. The van der Waals surface area contributed by atoms with Gasteiger partial charge in [0, 0.05) is 12.5 Å². The molecule has 1 fully saturated rings. The first-order valence-electron chi connectivity index (χ1n) is 4.95. The van der Waals surface area contributed by atoms with Crippen LogP contribution < -0.4 is 5.32 Å². The van der Waals surface area contributed by atoms with Gasteiger partial charge in [0.05, 0.1) is 6.10 Å². The molecular weight excluding hydrogens is 178 g/mol. The molecule has 0 aliphatic carbocycles. The van der Waals surface area contributed by atoms with Crippen molar-refractivity contribution in [1.29, 1.82) is 0 Å². The Hall–Kier alpha value is -1.06. The molecule has 1 aromatic rings. The quantitative estimate of drug-likeness (QED) is 0.661. The predicted molar refractivity (Wildman–Crippen MR) is 54.2 cm³/mol. The summed E-state index contributed by atoms with van der Waals surface area (Å²) in [7, 11) is 0. The second kappa shape index (κ2) is 3.98. The van der Waals surface area contributed by atoms with Crippen LogP contribution in [-0.2, 0) is 6.42 Å². The lowest BCUT2D eigenvalue weighted by molar-refractivity contribution is 0.0955. The maximum absolute atomic E-state index is 9.77. The minimum Gasteiger partial charge on any atom is -0.508 e. The highest BCUT2D eigenvalue weighted by atomic mass is 16.3. The summed E-state index contributed by atoms with van der Waals surface area (Å²) in [5, 5.41) is 22.2. The van der Waals surface area contributed by atoms with Crippen molar-refractivity contribution in [2.45, 2.75) is 25.0 Å². The largest absolute Gasteiger partial charge is 0.508 e. The first-order chi connectivity index (χ1) is 6.75. The summed E-state index contributed by atoms with van der Waals surface area (Å²) in [6.07, 6.45) is 1.30. The molecule has 76 valence electrons. The third-order valence-electron chi connectivity index (χ3n) is 2.68. The number of phenols is 1. The Labute approximate surface area is 83.4 Å². The molecule has 0 radical (unpaired) electrons. The Morgan fingerprint density at radius 2 is 2.29 bits per heavy atom. The highest BCUT2D eigenvalue weighted by molar-refractivity contribution is 5.27. The molecule has 3 nitrogen and oxygen atoms in total. The Morgan fingerprint density at radius 1 is 1.50 bits per heavy atom. The standard InChI is InChI=1S/C11H15NO2/c13-9-3-1-2-8(6-9)7-11(14)10-4-5-12-10/h1-3,6,10-14H,4-5,7H2. The van der Waals surface area contributed by atoms with Gasteiger partial charge in [-0.1, -0.05) is 12.1 Å². The van der Waals surface area contributed by atoms with Gasteiger partial charge in [-0.3, -0.25) is 0 Å². The summed E-state index contributed by atoms with van der Waals surface area (Å²) in [4.78, 5) is 0. The highest BCUT2D eigenvalue weighted by Crippen LogP contribution is 2.16. The number of nitrogens with one attached hydrogen (secondary N) is 1. The van der Waals surface area contributed by atoms with Gasteiger partial charge < -0.3 is 15.5 Å². The van der Waals surface area contributed by atoms with Crippen LogP contribution in [0, 0.1) is 0 Å². The van der Waals surface area contributed by atoms with E-state index in [2.05, 4.69) is 5.32 Å². The van der Waals surface area contributed by atoms with E-state index < -0.39 is 0 Å². The fourth-order valence-corrected chi connectivity index (χ4v) is 1.71.